The Labute approximate surface area is 106 Å². The van der Waals surface area contributed by atoms with E-state index in [1.807, 2.05) is 4.72 Å². The van der Waals surface area contributed by atoms with E-state index in [4.69, 9.17) is 9.84 Å². The van der Waals surface area contributed by atoms with Gasteiger partial charge in [0.1, 0.15) is 12.3 Å². The normalized spacial score (nSPS) is 11.3. The second-order valence-corrected chi connectivity index (χ2v) is 5.58. The number of carbonyl (C=O) groups is 1. The van der Waals surface area contributed by atoms with E-state index >= 15 is 0 Å². The zero-order chi connectivity index (χ0) is 13.9. The van der Waals surface area contributed by atoms with E-state index in [1.165, 1.54) is 19.2 Å². The molecule has 0 heterocycles. The van der Waals surface area contributed by atoms with Crippen LogP contribution in [-0.4, -0.2) is 33.1 Å². The van der Waals surface area contributed by atoms with Gasteiger partial charge in [-0.1, -0.05) is 0 Å². The van der Waals surface area contributed by atoms with Gasteiger partial charge in [0.05, 0.1) is 12.0 Å². The van der Waals surface area contributed by atoms with Crippen LogP contribution < -0.4 is 9.46 Å². The van der Waals surface area contributed by atoms with Crippen LogP contribution in [0.25, 0.3) is 0 Å². The van der Waals surface area contributed by atoms with Crippen molar-refractivity contribution in [2.24, 2.45) is 0 Å². The summed E-state index contributed by atoms with van der Waals surface area (Å²) in [7, 11) is -2.31. The van der Waals surface area contributed by atoms with E-state index in [1.54, 1.807) is 13.8 Å². The van der Waals surface area contributed by atoms with Gasteiger partial charge in [-0.2, -0.15) is 4.72 Å². The van der Waals surface area contributed by atoms with Gasteiger partial charge in [-0.3, -0.25) is 4.79 Å². The van der Waals surface area contributed by atoms with Gasteiger partial charge in [0.25, 0.3) is 0 Å². The second-order valence-electron chi connectivity index (χ2n) is 3.81. The molecule has 0 aliphatic heterocycles. The molecular weight excluding hydrogens is 258 g/mol. The molecule has 0 saturated carbocycles. The standard InChI is InChI=1S/C11H15NO5S/c1-7-4-9(5-8(2)11(7)17-3)18(15,16)12-6-10(13)14/h4-5,12H,6H2,1-3H3,(H,13,14). The van der Waals surface area contributed by atoms with Crippen molar-refractivity contribution in [3.63, 3.8) is 0 Å². The molecule has 0 saturated heterocycles. The Hall–Kier alpha value is -1.60. The van der Waals surface area contributed by atoms with Crippen molar-refractivity contribution in [3.8, 4) is 5.75 Å². The lowest BCUT2D eigenvalue weighted by Crippen LogP contribution is -2.29. The maximum Gasteiger partial charge on any atom is 0.318 e. The number of methoxy groups -OCH3 is 1. The fourth-order valence-corrected chi connectivity index (χ4v) is 2.77. The number of carboxylic acids is 1. The van der Waals surface area contributed by atoms with E-state index < -0.39 is 22.5 Å². The van der Waals surface area contributed by atoms with Gasteiger partial charge in [-0.25, -0.2) is 8.42 Å². The summed E-state index contributed by atoms with van der Waals surface area (Å²) in [6.07, 6.45) is 0. The van der Waals surface area contributed by atoms with Gasteiger partial charge in [0.15, 0.2) is 0 Å². The molecule has 0 aliphatic rings. The lowest BCUT2D eigenvalue weighted by atomic mass is 10.1. The van der Waals surface area contributed by atoms with Crippen LogP contribution in [0.5, 0.6) is 5.75 Å². The van der Waals surface area contributed by atoms with Crippen LogP contribution in [0.2, 0.25) is 0 Å². The Kier molecular flexibility index (Phi) is 4.31. The molecule has 0 aliphatic carbocycles. The monoisotopic (exact) mass is 273 g/mol. The first kappa shape index (κ1) is 14.5. The van der Waals surface area contributed by atoms with Crippen LogP contribution in [0.3, 0.4) is 0 Å². The highest BCUT2D eigenvalue weighted by Crippen LogP contribution is 2.26. The van der Waals surface area contributed by atoms with Gasteiger partial charge >= 0.3 is 5.97 Å². The first-order valence-electron chi connectivity index (χ1n) is 5.14. The van der Waals surface area contributed by atoms with Gasteiger partial charge in [0, 0.05) is 0 Å². The summed E-state index contributed by atoms with van der Waals surface area (Å²) < 4.78 is 30.8. The molecule has 6 nitrogen and oxygen atoms in total. The van der Waals surface area contributed by atoms with Crippen LogP contribution in [0, 0.1) is 13.8 Å². The van der Waals surface area contributed by atoms with E-state index in [9.17, 15) is 13.2 Å². The number of benzene rings is 1. The highest BCUT2D eigenvalue weighted by molar-refractivity contribution is 7.89. The molecule has 18 heavy (non-hydrogen) atoms. The average molecular weight is 273 g/mol. The van der Waals surface area contributed by atoms with Crippen molar-refractivity contribution in [3.05, 3.63) is 23.3 Å². The molecule has 2 N–H and O–H groups in total. The number of sulfonamides is 1. The van der Waals surface area contributed by atoms with Crippen LogP contribution in [0.15, 0.2) is 17.0 Å². The van der Waals surface area contributed by atoms with Gasteiger partial charge in [-0.05, 0) is 37.1 Å². The number of hydrogen-bond donors (Lipinski definition) is 2. The maximum atomic E-state index is 11.8. The predicted octanol–water partition coefficient (Wildman–Crippen LogP) is 0.675. The fourth-order valence-electron chi connectivity index (χ4n) is 1.63. The third-order valence-electron chi connectivity index (χ3n) is 2.36. The molecule has 0 atom stereocenters. The molecule has 0 spiro atoms. The second kappa shape index (κ2) is 5.36. The van der Waals surface area contributed by atoms with Crippen molar-refractivity contribution >= 4 is 16.0 Å². The number of rotatable bonds is 5. The molecule has 0 amide bonds. The molecule has 0 bridgehead atoms. The zero-order valence-electron chi connectivity index (χ0n) is 10.4. The summed E-state index contributed by atoms with van der Waals surface area (Å²) in [5.74, 6) is -0.618. The Morgan fingerprint density at radius 2 is 1.83 bits per heavy atom. The maximum absolute atomic E-state index is 11.8. The summed E-state index contributed by atoms with van der Waals surface area (Å²) >= 11 is 0. The van der Waals surface area contributed by atoms with Crippen LogP contribution in [-0.2, 0) is 14.8 Å². The number of nitrogens with one attached hydrogen (secondary N) is 1. The summed E-state index contributed by atoms with van der Waals surface area (Å²) in [6.45, 7) is 2.80. The molecular formula is C11H15NO5S. The number of ether oxygens (including phenoxy) is 1. The number of aliphatic carboxylic acids is 1. The lowest BCUT2D eigenvalue weighted by Gasteiger charge is -2.11. The fraction of sp³-hybridized carbons (Fsp3) is 0.364. The molecule has 1 aromatic carbocycles. The van der Waals surface area contributed by atoms with E-state index in [-0.39, 0.29) is 4.90 Å². The Morgan fingerprint density at radius 3 is 2.22 bits per heavy atom. The van der Waals surface area contributed by atoms with Crippen molar-refractivity contribution in [1.29, 1.82) is 0 Å². The third-order valence-corrected chi connectivity index (χ3v) is 3.74. The molecule has 0 fully saturated rings. The van der Waals surface area contributed by atoms with E-state index in [2.05, 4.69) is 0 Å². The number of carboxylic acid groups (broad SMARTS) is 1. The third kappa shape index (κ3) is 3.21. The van der Waals surface area contributed by atoms with Crippen molar-refractivity contribution in [2.75, 3.05) is 13.7 Å². The van der Waals surface area contributed by atoms with Crippen LogP contribution in [0.1, 0.15) is 11.1 Å². The Bertz CT molecular complexity index is 542. The quantitative estimate of drug-likeness (QED) is 0.822. The van der Waals surface area contributed by atoms with Gasteiger partial charge in [0.2, 0.25) is 10.0 Å². The Balaban J connectivity index is 3.14. The predicted molar refractivity (Wildman–Crippen MR) is 65.3 cm³/mol. The van der Waals surface area contributed by atoms with Crippen LogP contribution in [0.4, 0.5) is 0 Å². The molecule has 0 unspecified atom stereocenters. The first-order chi connectivity index (χ1) is 8.27. The van der Waals surface area contributed by atoms with Crippen molar-refractivity contribution < 1.29 is 23.1 Å². The lowest BCUT2D eigenvalue weighted by molar-refractivity contribution is -0.135. The molecule has 7 heteroatoms. The summed E-state index contributed by atoms with van der Waals surface area (Å²) in [5.41, 5.74) is 1.35. The minimum atomic E-state index is -3.81. The smallest absolute Gasteiger partial charge is 0.318 e. The highest BCUT2D eigenvalue weighted by Gasteiger charge is 2.17. The average Bonchev–Trinajstić information content (AvgIpc) is 2.26. The largest absolute Gasteiger partial charge is 0.496 e. The molecule has 0 radical (unpaired) electrons. The molecule has 100 valence electrons. The number of hydrogen-bond acceptors (Lipinski definition) is 4. The SMILES string of the molecule is COc1c(C)cc(S(=O)(=O)NCC(=O)O)cc1C. The summed E-state index contributed by atoms with van der Waals surface area (Å²) in [5, 5.41) is 8.47. The van der Waals surface area contributed by atoms with Crippen molar-refractivity contribution in [1.82, 2.24) is 4.72 Å². The minimum Gasteiger partial charge on any atom is -0.496 e. The molecule has 1 rings (SSSR count). The summed E-state index contributed by atoms with van der Waals surface area (Å²) in [4.78, 5) is 10.4. The number of aryl methyl sites for hydroxylation is 2. The zero-order valence-corrected chi connectivity index (χ0v) is 11.2. The van der Waals surface area contributed by atoms with Crippen molar-refractivity contribution in [2.45, 2.75) is 18.7 Å². The van der Waals surface area contributed by atoms with Gasteiger partial charge < -0.3 is 9.84 Å². The Morgan fingerprint density at radius 1 is 1.33 bits per heavy atom. The van der Waals surface area contributed by atoms with E-state index in [0.717, 1.165) is 0 Å². The van der Waals surface area contributed by atoms with Crippen LogP contribution >= 0.6 is 0 Å². The minimum absolute atomic E-state index is 0.0274. The van der Waals surface area contributed by atoms with E-state index in [0.29, 0.717) is 16.9 Å². The molecule has 1 aromatic rings. The van der Waals surface area contributed by atoms with Gasteiger partial charge in [-0.15, -0.1) is 0 Å². The highest BCUT2D eigenvalue weighted by atomic mass is 32.2. The topological polar surface area (TPSA) is 92.7 Å². The molecule has 0 aromatic heterocycles. The first-order valence-corrected chi connectivity index (χ1v) is 6.63. The summed E-state index contributed by atoms with van der Waals surface area (Å²) in [6, 6.07) is 2.88.